The molecule has 2 N–H and O–H groups in total. The summed E-state index contributed by atoms with van der Waals surface area (Å²) >= 11 is 0. The molecule has 9 heteroatoms. The molecule has 0 saturated carbocycles. The molecule has 2 amide bonds. The summed E-state index contributed by atoms with van der Waals surface area (Å²) in [7, 11) is -2.08. The largest absolute Gasteiger partial charge is 0.496 e. The number of para-hydroxylation sites is 1. The smallest absolute Gasteiger partial charge is 0.255 e. The number of nitrogens with one attached hydrogen (secondary N) is 2. The maximum Gasteiger partial charge on any atom is 0.255 e. The van der Waals surface area contributed by atoms with Gasteiger partial charge in [-0.2, -0.15) is 4.31 Å². The predicted molar refractivity (Wildman–Crippen MR) is 127 cm³/mol. The maximum atomic E-state index is 13.0. The van der Waals surface area contributed by atoms with Crippen molar-refractivity contribution < 1.29 is 22.7 Å². The monoisotopic (exact) mass is 473 g/mol. The molecule has 1 saturated heterocycles. The summed E-state index contributed by atoms with van der Waals surface area (Å²) in [6.45, 7) is 5.32. The van der Waals surface area contributed by atoms with E-state index in [1.54, 1.807) is 40.7 Å². The van der Waals surface area contributed by atoms with E-state index in [1.807, 2.05) is 0 Å². The molecule has 8 nitrogen and oxygen atoms in total. The van der Waals surface area contributed by atoms with Gasteiger partial charge in [-0.05, 0) is 54.7 Å². The topological polar surface area (TPSA) is 105 Å². The number of piperidine rings is 1. The second-order valence-corrected chi connectivity index (χ2v) is 10.5. The first-order valence-electron chi connectivity index (χ1n) is 11.0. The first-order chi connectivity index (χ1) is 15.7. The van der Waals surface area contributed by atoms with Crippen LogP contribution in [0, 0.1) is 11.8 Å². The molecule has 2 atom stereocenters. The number of carbonyl (C=O) groups is 2. The van der Waals surface area contributed by atoms with E-state index in [9.17, 15) is 18.0 Å². The van der Waals surface area contributed by atoms with Gasteiger partial charge in [0.25, 0.3) is 5.91 Å². The van der Waals surface area contributed by atoms with Crippen LogP contribution in [-0.4, -0.2) is 51.3 Å². The molecule has 0 unspecified atom stereocenters. The molecule has 1 heterocycles. The van der Waals surface area contributed by atoms with Gasteiger partial charge in [-0.3, -0.25) is 9.59 Å². The molecule has 3 rings (SSSR count). The van der Waals surface area contributed by atoms with Crippen LogP contribution >= 0.6 is 0 Å². The molecular weight excluding hydrogens is 442 g/mol. The SMILES string of the molecule is COc1ccccc1C(=O)NCCC(=O)Nc1ccc(S(=O)(=O)N2C[C@H](C)C[C@H](C)C2)cc1. The number of sulfonamides is 1. The molecule has 0 aromatic heterocycles. The van der Waals surface area contributed by atoms with E-state index >= 15 is 0 Å². The highest BCUT2D eigenvalue weighted by atomic mass is 32.2. The third kappa shape index (κ3) is 6.33. The highest BCUT2D eigenvalue weighted by molar-refractivity contribution is 7.89. The highest BCUT2D eigenvalue weighted by Gasteiger charge is 2.31. The van der Waals surface area contributed by atoms with Crippen LogP contribution in [-0.2, 0) is 14.8 Å². The van der Waals surface area contributed by atoms with Gasteiger partial charge in [-0.1, -0.05) is 26.0 Å². The minimum Gasteiger partial charge on any atom is -0.496 e. The van der Waals surface area contributed by atoms with Gasteiger partial charge in [0.05, 0.1) is 17.6 Å². The third-order valence-corrected chi connectivity index (χ3v) is 7.45. The summed E-state index contributed by atoms with van der Waals surface area (Å²) in [4.78, 5) is 24.7. The lowest BCUT2D eigenvalue weighted by Crippen LogP contribution is -2.42. The molecule has 1 aliphatic heterocycles. The summed E-state index contributed by atoms with van der Waals surface area (Å²) in [5.41, 5.74) is 0.894. The fourth-order valence-electron chi connectivity index (χ4n) is 4.10. The Kier molecular flexibility index (Phi) is 8.10. The van der Waals surface area contributed by atoms with E-state index in [-0.39, 0.29) is 29.7 Å². The van der Waals surface area contributed by atoms with Crippen molar-refractivity contribution in [1.29, 1.82) is 0 Å². The van der Waals surface area contributed by atoms with Gasteiger partial charge in [0.1, 0.15) is 5.75 Å². The number of hydrogen-bond acceptors (Lipinski definition) is 5. The number of anilines is 1. The van der Waals surface area contributed by atoms with Crippen molar-refractivity contribution in [3.05, 3.63) is 54.1 Å². The van der Waals surface area contributed by atoms with Crippen LogP contribution in [0.3, 0.4) is 0 Å². The van der Waals surface area contributed by atoms with Crippen molar-refractivity contribution in [3.8, 4) is 5.75 Å². The Morgan fingerprint density at radius 2 is 1.67 bits per heavy atom. The minimum absolute atomic E-state index is 0.0739. The van der Waals surface area contributed by atoms with Gasteiger partial charge in [-0.15, -0.1) is 0 Å². The first-order valence-corrected chi connectivity index (χ1v) is 12.5. The van der Waals surface area contributed by atoms with Crippen molar-refractivity contribution in [2.45, 2.75) is 31.6 Å². The zero-order valence-corrected chi connectivity index (χ0v) is 20.0. The average molecular weight is 474 g/mol. The van der Waals surface area contributed by atoms with E-state index in [2.05, 4.69) is 24.5 Å². The van der Waals surface area contributed by atoms with E-state index in [0.29, 0.717) is 41.9 Å². The number of amides is 2. The standard InChI is InChI=1S/C24H31N3O5S/c1-17-14-18(2)16-27(15-17)33(30,31)20-10-8-19(9-11-20)26-23(28)12-13-25-24(29)21-6-4-5-7-22(21)32-3/h4-11,17-18H,12-16H2,1-3H3,(H,25,29)(H,26,28)/t17-,18+. The molecule has 0 aliphatic carbocycles. The first kappa shape index (κ1) is 24.7. The zero-order valence-electron chi connectivity index (χ0n) is 19.2. The van der Waals surface area contributed by atoms with Crippen molar-refractivity contribution >= 4 is 27.5 Å². The Morgan fingerprint density at radius 1 is 1.03 bits per heavy atom. The number of ether oxygens (including phenoxy) is 1. The quantitative estimate of drug-likeness (QED) is 0.613. The van der Waals surface area contributed by atoms with E-state index in [1.165, 1.54) is 19.2 Å². The fraction of sp³-hybridized carbons (Fsp3) is 0.417. The Morgan fingerprint density at radius 3 is 2.30 bits per heavy atom. The van der Waals surface area contributed by atoms with Crippen molar-refractivity contribution in [1.82, 2.24) is 9.62 Å². The molecule has 2 aromatic rings. The summed E-state index contributed by atoms with van der Waals surface area (Å²) in [5.74, 6) is 0.500. The third-order valence-electron chi connectivity index (χ3n) is 5.60. The number of hydrogen-bond donors (Lipinski definition) is 2. The molecule has 0 radical (unpaired) electrons. The van der Waals surface area contributed by atoms with Crippen LogP contribution < -0.4 is 15.4 Å². The molecular formula is C24H31N3O5S. The molecule has 0 bridgehead atoms. The van der Waals surface area contributed by atoms with Crippen LogP contribution in [0.2, 0.25) is 0 Å². The number of rotatable bonds is 8. The van der Waals surface area contributed by atoms with Crippen LogP contribution in [0.25, 0.3) is 0 Å². The van der Waals surface area contributed by atoms with Gasteiger partial charge >= 0.3 is 0 Å². The van der Waals surface area contributed by atoms with Gasteiger partial charge in [-0.25, -0.2) is 8.42 Å². The van der Waals surface area contributed by atoms with Gasteiger partial charge in [0, 0.05) is 31.7 Å². The summed E-state index contributed by atoms with van der Waals surface area (Å²) in [6, 6.07) is 13.0. The highest BCUT2D eigenvalue weighted by Crippen LogP contribution is 2.27. The molecule has 178 valence electrons. The zero-order chi connectivity index (χ0) is 24.0. The normalized spacial score (nSPS) is 19.0. The van der Waals surface area contributed by atoms with Crippen LogP contribution in [0.1, 0.15) is 37.0 Å². The van der Waals surface area contributed by atoms with Crippen molar-refractivity contribution in [2.75, 3.05) is 32.1 Å². The minimum atomic E-state index is -3.57. The number of benzene rings is 2. The lowest BCUT2D eigenvalue weighted by atomic mass is 9.94. The molecule has 2 aromatic carbocycles. The summed E-state index contributed by atoms with van der Waals surface area (Å²) in [5, 5.41) is 5.43. The number of nitrogens with zero attached hydrogens (tertiary/aromatic N) is 1. The maximum absolute atomic E-state index is 13.0. The van der Waals surface area contributed by atoms with Crippen molar-refractivity contribution in [3.63, 3.8) is 0 Å². The van der Waals surface area contributed by atoms with E-state index < -0.39 is 10.0 Å². The predicted octanol–water partition coefficient (Wildman–Crippen LogP) is 3.12. The van der Waals surface area contributed by atoms with Crippen LogP contribution in [0.5, 0.6) is 5.75 Å². The number of methoxy groups -OCH3 is 1. The Hall–Kier alpha value is -2.91. The molecule has 33 heavy (non-hydrogen) atoms. The average Bonchev–Trinajstić information content (AvgIpc) is 2.78. The van der Waals surface area contributed by atoms with Crippen LogP contribution in [0.15, 0.2) is 53.4 Å². The molecule has 1 aliphatic rings. The second-order valence-electron chi connectivity index (χ2n) is 8.55. The lowest BCUT2D eigenvalue weighted by molar-refractivity contribution is -0.116. The van der Waals surface area contributed by atoms with Gasteiger partial charge in [0.2, 0.25) is 15.9 Å². The van der Waals surface area contributed by atoms with Crippen LogP contribution in [0.4, 0.5) is 5.69 Å². The second kappa shape index (κ2) is 10.8. The lowest BCUT2D eigenvalue weighted by Gasteiger charge is -2.34. The fourth-order valence-corrected chi connectivity index (χ4v) is 5.78. The van der Waals surface area contributed by atoms with E-state index in [0.717, 1.165) is 6.42 Å². The van der Waals surface area contributed by atoms with Crippen molar-refractivity contribution in [2.24, 2.45) is 11.8 Å². The Balaban J connectivity index is 1.52. The molecule has 1 fully saturated rings. The van der Waals surface area contributed by atoms with Gasteiger partial charge in [0.15, 0.2) is 0 Å². The van der Waals surface area contributed by atoms with E-state index in [4.69, 9.17) is 4.74 Å². The Bertz CT molecular complexity index is 1080. The number of carbonyl (C=O) groups excluding carboxylic acids is 2. The molecule has 0 spiro atoms. The summed E-state index contributed by atoms with van der Waals surface area (Å²) in [6.07, 6.45) is 1.10. The summed E-state index contributed by atoms with van der Waals surface area (Å²) < 4.78 is 32.7. The Labute approximate surface area is 195 Å². The van der Waals surface area contributed by atoms with Gasteiger partial charge < -0.3 is 15.4 Å².